The van der Waals surface area contributed by atoms with Gasteiger partial charge in [-0.1, -0.05) is 13.8 Å². The van der Waals surface area contributed by atoms with Gasteiger partial charge in [-0.05, 0) is 42.7 Å². The second-order valence-corrected chi connectivity index (χ2v) is 11.8. The molecule has 0 unspecified atom stereocenters. The van der Waals surface area contributed by atoms with E-state index >= 15 is 0 Å². The minimum Gasteiger partial charge on any atom is -0.468 e. The Kier molecular flexibility index (Phi) is 6.40. The van der Waals surface area contributed by atoms with E-state index in [9.17, 15) is 19.5 Å². The average molecular weight is 517 g/mol. The minimum atomic E-state index is -0.772. The average Bonchev–Trinajstić information content (AvgIpc) is 3.51. The van der Waals surface area contributed by atoms with Crippen molar-refractivity contribution >= 4 is 29.4 Å². The highest BCUT2D eigenvalue weighted by Gasteiger charge is 2.69. The third-order valence-corrected chi connectivity index (χ3v) is 9.09. The van der Waals surface area contributed by atoms with Crippen LogP contribution in [0.4, 0.5) is 0 Å². The molecule has 4 fully saturated rings. The number of nitrogens with one attached hydrogen (secondary N) is 1. The normalized spacial score (nSPS) is 29.4. The molecule has 3 atom stereocenters. The summed E-state index contributed by atoms with van der Waals surface area (Å²) in [6.45, 7) is 6.30. The lowest BCUT2D eigenvalue weighted by Gasteiger charge is -2.70. The first-order valence-electron chi connectivity index (χ1n) is 12.4. The topological polar surface area (TPSA) is 135 Å². The number of thiazole rings is 1. The molecular weight excluding hydrogens is 484 g/mol. The fourth-order valence-corrected chi connectivity index (χ4v) is 7.46. The van der Waals surface area contributed by atoms with Gasteiger partial charge in [-0.3, -0.25) is 14.4 Å². The summed E-state index contributed by atoms with van der Waals surface area (Å²) in [5, 5.41) is 17.2. The number of aliphatic hydroxyl groups is 1. The largest absolute Gasteiger partial charge is 0.468 e. The van der Waals surface area contributed by atoms with Crippen molar-refractivity contribution in [1.82, 2.24) is 20.4 Å². The van der Waals surface area contributed by atoms with Gasteiger partial charge in [0.15, 0.2) is 12.0 Å². The van der Waals surface area contributed by atoms with Crippen molar-refractivity contribution in [2.75, 3.05) is 19.7 Å². The number of β-amino-alcohol motifs (C(OH)–C–C–N with tert-alkyl or cyclic N) is 1. The molecule has 6 rings (SSSR count). The van der Waals surface area contributed by atoms with Crippen molar-refractivity contribution in [3.05, 3.63) is 27.9 Å². The number of aliphatic hydroxyl groups excluding tert-OH is 1. The van der Waals surface area contributed by atoms with Gasteiger partial charge in [0.25, 0.3) is 5.88 Å². The highest BCUT2D eigenvalue weighted by atomic mass is 32.1. The third kappa shape index (κ3) is 4.21. The smallest absolute Gasteiger partial charge is 0.254 e. The van der Waals surface area contributed by atoms with E-state index in [2.05, 4.69) is 22.4 Å². The van der Waals surface area contributed by atoms with Crippen LogP contribution in [0.2, 0.25) is 0 Å². The van der Waals surface area contributed by atoms with Gasteiger partial charge in [0.05, 0.1) is 17.3 Å². The Bertz CT molecular complexity index is 1140. The van der Waals surface area contributed by atoms with Crippen LogP contribution in [0, 0.1) is 18.3 Å². The highest BCUT2D eigenvalue weighted by molar-refractivity contribution is 7.10. The van der Waals surface area contributed by atoms with Crippen LogP contribution < -0.4 is 10.1 Å². The SMILES string of the molecule is Cc1ncsc1C12CC(CNC(=O)[C@@H]3C[C@@H](O)CN3C(=O)[C@@H](c3cc(OCC=O)no3)C(C)C)(C1)C2. The summed E-state index contributed by atoms with van der Waals surface area (Å²) in [5.74, 6) is -0.970. The van der Waals surface area contributed by atoms with Crippen LogP contribution >= 0.6 is 11.3 Å². The van der Waals surface area contributed by atoms with E-state index in [0.717, 1.165) is 25.0 Å². The second kappa shape index (κ2) is 9.26. The Balaban J connectivity index is 1.22. The maximum atomic E-state index is 13.6. The summed E-state index contributed by atoms with van der Waals surface area (Å²) >= 11 is 1.72. The number of carbonyl (C=O) groups excluding carboxylic acids is 3. The number of hydrogen-bond donors (Lipinski definition) is 2. The Morgan fingerprint density at radius 1 is 1.39 bits per heavy atom. The number of rotatable bonds is 10. The van der Waals surface area contributed by atoms with Crippen LogP contribution in [0.15, 0.2) is 16.1 Å². The van der Waals surface area contributed by atoms with E-state index in [-0.39, 0.29) is 54.0 Å². The number of aldehydes is 1. The number of likely N-dealkylation sites (tertiary alicyclic amines) is 1. The fourth-order valence-electron chi connectivity index (χ4n) is 6.46. The summed E-state index contributed by atoms with van der Waals surface area (Å²) in [6, 6.07) is 0.754. The van der Waals surface area contributed by atoms with E-state index < -0.39 is 18.1 Å². The van der Waals surface area contributed by atoms with E-state index in [4.69, 9.17) is 9.26 Å². The zero-order valence-electron chi connectivity index (χ0n) is 20.7. The van der Waals surface area contributed by atoms with Crippen molar-refractivity contribution < 1.29 is 28.8 Å². The van der Waals surface area contributed by atoms with Gasteiger partial charge in [-0.15, -0.1) is 11.3 Å². The summed E-state index contributed by atoms with van der Waals surface area (Å²) in [5.41, 5.74) is 3.37. The molecule has 0 aromatic carbocycles. The number of hydrogen-bond acceptors (Lipinski definition) is 9. The summed E-state index contributed by atoms with van der Waals surface area (Å²) in [6.07, 6.45) is 3.18. The van der Waals surface area contributed by atoms with E-state index in [0.29, 0.717) is 18.6 Å². The molecule has 3 saturated carbocycles. The lowest BCUT2D eigenvalue weighted by Crippen LogP contribution is -2.68. The number of ether oxygens (including phenoxy) is 1. The van der Waals surface area contributed by atoms with Crippen LogP contribution in [0.25, 0.3) is 0 Å². The number of nitrogens with zero attached hydrogens (tertiary/aromatic N) is 3. The molecule has 3 aliphatic carbocycles. The van der Waals surface area contributed by atoms with Crippen LogP contribution in [0.5, 0.6) is 5.88 Å². The predicted octanol–water partition coefficient (Wildman–Crippen LogP) is 1.96. The van der Waals surface area contributed by atoms with Crippen molar-refractivity contribution in [3.63, 3.8) is 0 Å². The fraction of sp³-hybridized carbons (Fsp3) is 0.640. The lowest BCUT2D eigenvalue weighted by molar-refractivity contribution is -0.148. The zero-order valence-corrected chi connectivity index (χ0v) is 21.5. The highest BCUT2D eigenvalue weighted by Crippen LogP contribution is 2.74. The van der Waals surface area contributed by atoms with Gasteiger partial charge >= 0.3 is 0 Å². The standard InChI is InChI=1S/C25H32N4O6S/c1-14(2)20(18-7-19(28-35-18)34-5-4-30)23(33)29-8-16(31)6-17(29)22(32)26-12-24-9-25(10-24,11-24)21-15(3)27-13-36-21/h4,7,13-14,16-17,20,31H,5-6,8-12H2,1-3H3,(H,26,32)/t16-,17+,20-,24?,25?/m1/s1. The second-order valence-electron chi connectivity index (χ2n) is 11.0. The third-order valence-electron chi connectivity index (χ3n) is 7.91. The van der Waals surface area contributed by atoms with E-state index in [1.807, 2.05) is 19.4 Å². The molecule has 0 radical (unpaired) electrons. The maximum absolute atomic E-state index is 13.6. The summed E-state index contributed by atoms with van der Waals surface area (Å²) < 4.78 is 10.5. The molecule has 10 nitrogen and oxygen atoms in total. The van der Waals surface area contributed by atoms with Crippen LogP contribution in [0.3, 0.4) is 0 Å². The molecule has 3 heterocycles. The molecule has 194 valence electrons. The minimum absolute atomic E-state index is 0.0850. The molecule has 2 aromatic heterocycles. The zero-order chi connectivity index (χ0) is 25.7. The van der Waals surface area contributed by atoms with Crippen LogP contribution in [-0.4, -0.2) is 70.1 Å². The first-order chi connectivity index (χ1) is 17.2. The molecule has 0 spiro atoms. The van der Waals surface area contributed by atoms with Gasteiger partial charge in [0, 0.05) is 35.9 Å². The molecule has 4 aliphatic rings. The number of carbonyl (C=O) groups is 3. The van der Waals surface area contributed by atoms with Crippen molar-refractivity contribution in [3.8, 4) is 5.88 Å². The van der Waals surface area contributed by atoms with Crippen molar-refractivity contribution in [2.45, 2.75) is 69.9 Å². The molecule has 2 N–H and O–H groups in total. The predicted molar refractivity (Wildman–Crippen MR) is 130 cm³/mol. The molecule has 11 heteroatoms. The summed E-state index contributed by atoms with van der Waals surface area (Å²) in [4.78, 5) is 44.6. The maximum Gasteiger partial charge on any atom is 0.254 e. The number of aryl methyl sites for hydroxylation is 1. The van der Waals surface area contributed by atoms with Crippen LogP contribution in [-0.2, 0) is 19.8 Å². The van der Waals surface area contributed by atoms with Gasteiger partial charge in [0.1, 0.15) is 18.6 Å². The first kappa shape index (κ1) is 24.9. The lowest BCUT2D eigenvalue weighted by atomic mass is 9.34. The molecule has 1 aliphatic heterocycles. The molecular formula is C25H32N4O6S. The Labute approximate surface area is 213 Å². The molecule has 2 amide bonds. The summed E-state index contributed by atoms with van der Waals surface area (Å²) in [7, 11) is 0. The van der Waals surface area contributed by atoms with Gasteiger partial charge in [0.2, 0.25) is 11.8 Å². The molecule has 36 heavy (non-hydrogen) atoms. The quantitative estimate of drug-likeness (QED) is 0.458. The van der Waals surface area contributed by atoms with Crippen molar-refractivity contribution in [2.24, 2.45) is 11.3 Å². The first-order valence-corrected chi connectivity index (χ1v) is 13.2. The Hall–Kier alpha value is -2.79. The monoisotopic (exact) mass is 516 g/mol. The number of amides is 2. The number of aromatic nitrogens is 2. The van der Waals surface area contributed by atoms with Gasteiger partial charge in [-0.25, -0.2) is 4.98 Å². The molecule has 2 bridgehead atoms. The molecule has 1 saturated heterocycles. The van der Waals surface area contributed by atoms with E-state index in [1.165, 1.54) is 15.8 Å². The van der Waals surface area contributed by atoms with Gasteiger partial charge in [-0.2, -0.15) is 0 Å². The molecule has 2 aromatic rings. The van der Waals surface area contributed by atoms with Crippen LogP contribution in [0.1, 0.15) is 61.8 Å². The Morgan fingerprint density at radius 3 is 2.78 bits per heavy atom. The van der Waals surface area contributed by atoms with Crippen molar-refractivity contribution in [1.29, 1.82) is 0 Å². The Morgan fingerprint density at radius 2 is 2.14 bits per heavy atom. The van der Waals surface area contributed by atoms with E-state index in [1.54, 1.807) is 11.3 Å². The van der Waals surface area contributed by atoms with Gasteiger partial charge < -0.3 is 24.6 Å².